The van der Waals surface area contributed by atoms with Gasteiger partial charge in [-0.2, -0.15) is 0 Å². The van der Waals surface area contributed by atoms with Crippen LogP contribution in [0.15, 0.2) is 48.5 Å². The van der Waals surface area contributed by atoms with Gasteiger partial charge in [-0.05, 0) is 54.5 Å². The van der Waals surface area contributed by atoms with E-state index < -0.39 is 5.41 Å². The van der Waals surface area contributed by atoms with Crippen LogP contribution in [0, 0.1) is 5.41 Å². The summed E-state index contributed by atoms with van der Waals surface area (Å²) >= 11 is 0. The number of nitrogens with one attached hydrogen (secondary N) is 1. The van der Waals surface area contributed by atoms with E-state index in [-0.39, 0.29) is 11.8 Å². The van der Waals surface area contributed by atoms with E-state index in [1.54, 1.807) is 7.11 Å². The Morgan fingerprint density at radius 1 is 1.07 bits per heavy atom. The van der Waals surface area contributed by atoms with Gasteiger partial charge in [0.25, 0.3) is 0 Å². The summed E-state index contributed by atoms with van der Waals surface area (Å²) in [6, 6.07) is 16.1. The van der Waals surface area contributed by atoms with E-state index in [9.17, 15) is 9.59 Å². The topological polar surface area (TPSA) is 58.6 Å². The average Bonchev–Trinajstić information content (AvgIpc) is 3.55. The first-order valence-corrected chi connectivity index (χ1v) is 9.90. The molecule has 0 atom stereocenters. The van der Waals surface area contributed by atoms with Crippen molar-refractivity contribution in [3.05, 3.63) is 65.2 Å². The van der Waals surface area contributed by atoms with Crippen molar-refractivity contribution >= 4 is 11.8 Å². The molecule has 1 saturated carbocycles. The Morgan fingerprint density at radius 3 is 2.46 bits per heavy atom. The number of nitrogens with zero attached hydrogens (tertiary/aromatic N) is 1. The predicted molar refractivity (Wildman–Crippen MR) is 107 cm³/mol. The van der Waals surface area contributed by atoms with Gasteiger partial charge in [0.2, 0.25) is 11.8 Å². The third-order valence-corrected chi connectivity index (χ3v) is 5.87. The SMILES string of the molecule is COc1ccc(CCNC(=O)C2(C(=O)N3CCc4ccccc4C3)CC2)cc1. The molecule has 1 fully saturated rings. The molecule has 2 amide bonds. The first-order chi connectivity index (χ1) is 13.6. The van der Waals surface area contributed by atoms with Crippen molar-refractivity contribution in [1.29, 1.82) is 0 Å². The molecule has 0 saturated heterocycles. The number of ether oxygens (including phenoxy) is 1. The molecule has 28 heavy (non-hydrogen) atoms. The molecule has 1 aliphatic carbocycles. The first-order valence-electron chi connectivity index (χ1n) is 9.90. The Hall–Kier alpha value is -2.82. The Labute approximate surface area is 165 Å². The predicted octanol–water partition coefficient (Wildman–Crippen LogP) is 2.72. The lowest BCUT2D eigenvalue weighted by Crippen LogP contribution is -2.47. The maximum Gasteiger partial charge on any atom is 0.238 e. The van der Waals surface area contributed by atoms with Gasteiger partial charge in [-0.3, -0.25) is 9.59 Å². The summed E-state index contributed by atoms with van der Waals surface area (Å²) in [5.41, 5.74) is 2.79. The number of benzene rings is 2. The van der Waals surface area contributed by atoms with Gasteiger partial charge < -0.3 is 15.0 Å². The van der Waals surface area contributed by atoms with E-state index in [0.717, 1.165) is 24.2 Å². The monoisotopic (exact) mass is 378 g/mol. The number of rotatable bonds is 6. The summed E-state index contributed by atoms with van der Waals surface area (Å²) in [6.07, 6.45) is 2.89. The highest BCUT2D eigenvalue weighted by Crippen LogP contribution is 2.48. The lowest BCUT2D eigenvalue weighted by molar-refractivity contribution is -0.145. The third-order valence-electron chi connectivity index (χ3n) is 5.87. The summed E-state index contributed by atoms with van der Waals surface area (Å²) in [5, 5.41) is 2.98. The molecule has 2 aromatic rings. The van der Waals surface area contributed by atoms with E-state index >= 15 is 0 Å². The minimum atomic E-state index is -0.841. The molecule has 1 heterocycles. The molecule has 5 nitrogen and oxygen atoms in total. The number of carbonyl (C=O) groups is 2. The second-order valence-electron chi connectivity index (χ2n) is 7.68. The maximum atomic E-state index is 13.1. The van der Waals surface area contributed by atoms with E-state index in [2.05, 4.69) is 17.4 Å². The summed E-state index contributed by atoms with van der Waals surface area (Å²) in [4.78, 5) is 27.7. The Bertz CT molecular complexity index is 872. The zero-order chi connectivity index (χ0) is 19.6. The van der Waals surface area contributed by atoms with Crippen LogP contribution in [0.5, 0.6) is 5.75 Å². The van der Waals surface area contributed by atoms with Crippen LogP contribution in [0.3, 0.4) is 0 Å². The molecular weight excluding hydrogens is 352 g/mol. The second-order valence-corrected chi connectivity index (χ2v) is 7.68. The van der Waals surface area contributed by atoms with Crippen LogP contribution in [-0.2, 0) is 29.0 Å². The fourth-order valence-electron chi connectivity index (χ4n) is 3.92. The summed E-state index contributed by atoms with van der Waals surface area (Å²) in [5.74, 6) is 0.687. The Balaban J connectivity index is 1.33. The third kappa shape index (κ3) is 3.61. The first kappa shape index (κ1) is 18.5. The molecular formula is C23H26N2O3. The standard InChI is InChI=1S/C23H26N2O3/c1-28-20-8-6-17(7-9-20)10-14-24-21(26)23(12-13-23)22(27)25-15-11-18-4-2-3-5-19(18)16-25/h2-9H,10-16H2,1H3,(H,24,26). The minimum absolute atomic E-state index is 0.0102. The zero-order valence-corrected chi connectivity index (χ0v) is 16.2. The van der Waals surface area contributed by atoms with Crippen LogP contribution in [0.25, 0.3) is 0 Å². The number of amides is 2. The summed E-state index contributed by atoms with van der Waals surface area (Å²) in [7, 11) is 1.64. The average molecular weight is 378 g/mol. The van der Waals surface area contributed by atoms with Crippen molar-refractivity contribution in [3.63, 3.8) is 0 Å². The van der Waals surface area contributed by atoms with E-state index in [0.29, 0.717) is 32.5 Å². The quantitative estimate of drug-likeness (QED) is 0.787. The van der Waals surface area contributed by atoms with Crippen molar-refractivity contribution in [2.24, 2.45) is 5.41 Å². The fraction of sp³-hybridized carbons (Fsp3) is 0.391. The number of fused-ring (bicyclic) bond motifs is 1. The van der Waals surface area contributed by atoms with Gasteiger partial charge in [0, 0.05) is 19.6 Å². The lowest BCUT2D eigenvalue weighted by Gasteiger charge is -2.31. The molecule has 0 spiro atoms. The van der Waals surface area contributed by atoms with Crippen molar-refractivity contribution in [3.8, 4) is 5.75 Å². The van der Waals surface area contributed by atoms with E-state index in [1.165, 1.54) is 11.1 Å². The van der Waals surface area contributed by atoms with E-state index in [4.69, 9.17) is 4.74 Å². The molecule has 0 unspecified atom stereocenters. The van der Waals surface area contributed by atoms with Gasteiger partial charge in [0.1, 0.15) is 11.2 Å². The second kappa shape index (κ2) is 7.66. The molecule has 2 aromatic carbocycles. The van der Waals surface area contributed by atoms with Crippen molar-refractivity contribution < 1.29 is 14.3 Å². The molecule has 1 aliphatic heterocycles. The largest absolute Gasteiger partial charge is 0.497 e. The highest BCUT2D eigenvalue weighted by atomic mass is 16.5. The van der Waals surface area contributed by atoms with Gasteiger partial charge in [-0.25, -0.2) is 0 Å². The molecule has 0 radical (unpaired) electrons. The maximum absolute atomic E-state index is 13.1. The molecule has 2 aliphatic rings. The van der Waals surface area contributed by atoms with Crippen LogP contribution >= 0.6 is 0 Å². The van der Waals surface area contributed by atoms with Crippen molar-refractivity contribution in [2.75, 3.05) is 20.2 Å². The molecule has 5 heteroatoms. The molecule has 0 aromatic heterocycles. The number of hydrogen-bond acceptors (Lipinski definition) is 3. The number of methoxy groups -OCH3 is 1. The van der Waals surface area contributed by atoms with Gasteiger partial charge in [0.15, 0.2) is 0 Å². The zero-order valence-electron chi connectivity index (χ0n) is 16.2. The molecule has 0 bridgehead atoms. The van der Waals surface area contributed by atoms with Crippen LogP contribution < -0.4 is 10.1 Å². The summed E-state index contributed by atoms with van der Waals surface area (Å²) < 4.78 is 5.16. The highest BCUT2D eigenvalue weighted by Gasteiger charge is 2.58. The number of carbonyl (C=O) groups excluding carboxylic acids is 2. The Kier molecular flexibility index (Phi) is 5.07. The highest BCUT2D eigenvalue weighted by molar-refractivity contribution is 6.07. The van der Waals surface area contributed by atoms with Gasteiger partial charge in [-0.15, -0.1) is 0 Å². The summed E-state index contributed by atoms with van der Waals surface area (Å²) in [6.45, 7) is 1.83. The molecule has 4 rings (SSSR count). The number of hydrogen-bond donors (Lipinski definition) is 1. The minimum Gasteiger partial charge on any atom is -0.497 e. The van der Waals surface area contributed by atoms with Gasteiger partial charge in [0.05, 0.1) is 7.11 Å². The van der Waals surface area contributed by atoms with Crippen LogP contribution in [0.4, 0.5) is 0 Å². The fourth-order valence-corrected chi connectivity index (χ4v) is 3.92. The lowest BCUT2D eigenvalue weighted by atomic mass is 9.97. The van der Waals surface area contributed by atoms with Crippen molar-refractivity contribution in [1.82, 2.24) is 10.2 Å². The van der Waals surface area contributed by atoms with Crippen LogP contribution in [0.1, 0.15) is 29.5 Å². The van der Waals surface area contributed by atoms with Crippen LogP contribution in [0.2, 0.25) is 0 Å². The normalized spacial score (nSPS) is 16.8. The van der Waals surface area contributed by atoms with Crippen LogP contribution in [-0.4, -0.2) is 36.9 Å². The molecule has 146 valence electrons. The Morgan fingerprint density at radius 2 is 1.79 bits per heavy atom. The van der Waals surface area contributed by atoms with Gasteiger partial charge in [-0.1, -0.05) is 36.4 Å². The van der Waals surface area contributed by atoms with Crippen molar-refractivity contribution in [2.45, 2.75) is 32.2 Å². The van der Waals surface area contributed by atoms with E-state index in [1.807, 2.05) is 41.3 Å². The smallest absolute Gasteiger partial charge is 0.238 e. The molecule has 1 N–H and O–H groups in total. The van der Waals surface area contributed by atoms with Gasteiger partial charge >= 0.3 is 0 Å².